The van der Waals surface area contributed by atoms with Crippen molar-refractivity contribution >= 4 is 11.9 Å². The Kier molecular flexibility index (Phi) is 2.28. The van der Waals surface area contributed by atoms with E-state index in [2.05, 4.69) is 0 Å². The molecule has 1 aliphatic heterocycles. The highest BCUT2D eigenvalue weighted by Gasteiger charge is 2.42. The number of likely N-dealkylation sites (tertiary alicyclic amines) is 1. The fraction of sp³-hybridized carbons (Fsp3) is 0.750. The van der Waals surface area contributed by atoms with Crippen LogP contribution in [-0.2, 0) is 4.79 Å². The van der Waals surface area contributed by atoms with Gasteiger partial charge in [-0.15, -0.1) is 0 Å². The van der Waals surface area contributed by atoms with Gasteiger partial charge < -0.3 is 10.0 Å². The van der Waals surface area contributed by atoms with E-state index >= 15 is 0 Å². The number of ketones is 1. The molecule has 74 valence electrons. The number of carbonyl (C=O) groups is 2. The first kappa shape index (κ1) is 9.95. The molecule has 1 saturated heterocycles. The first-order valence-electron chi connectivity index (χ1n) is 4.01. The maximum absolute atomic E-state index is 13.0. The monoisotopic (exact) mass is 189 g/mol. The van der Waals surface area contributed by atoms with Crippen LogP contribution in [0, 0.1) is 5.41 Å². The number of alkyl halides is 1. The first-order chi connectivity index (χ1) is 5.84. The SMILES string of the molecule is CC1(C)CN(C(=O)O)CC(F)C1=O. The number of amides is 1. The summed E-state index contributed by atoms with van der Waals surface area (Å²) in [4.78, 5) is 22.7. The van der Waals surface area contributed by atoms with Gasteiger partial charge in [0.15, 0.2) is 12.0 Å². The second kappa shape index (κ2) is 2.97. The lowest BCUT2D eigenvalue weighted by Crippen LogP contribution is -2.54. The quantitative estimate of drug-likeness (QED) is 0.616. The number of Topliss-reactive ketones (excluding diaryl/α,β-unsaturated/α-hetero) is 1. The average molecular weight is 189 g/mol. The normalized spacial score (nSPS) is 27.5. The van der Waals surface area contributed by atoms with E-state index in [0.29, 0.717) is 0 Å². The highest BCUT2D eigenvalue weighted by atomic mass is 19.1. The first-order valence-corrected chi connectivity index (χ1v) is 4.01. The van der Waals surface area contributed by atoms with Gasteiger partial charge in [-0.2, -0.15) is 0 Å². The summed E-state index contributed by atoms with van der Waals surface area (Å²) in [6.07, 6.45) is -2.86. The van der Waals surface area contributed by atoms with Crippen LogP contribution in [0.4, 0.5) is 9.18 Å². The van der Waals surface area contributed by atoms with Gasteiger partial charge in [-0.3, -0.25) is 4.79 Å². The molecule has 5 heteroatoms. The second-order valence-corrected chi connectivity index (χ2v) is 3.88. The predicted molar refractivity (Wildman–Crippen MR) is 43.3 cm³/mol. The molecule has 0 aromatic heterocycles. The van der Waals surface area contributed by atoms with Gasteiger partial charge in [0.1, 0.15) is 0 Å². The van der Waals surface area contributed by atoms with Crippen molar-refractivity contribution in [3.8, 4) is 0 Å². The van der Waals surface area contributed by atoms with Gasteiger partial charge in [0, 0.05) is 12.0 Å². The standard InChI is InChI=1S/C8H12FNO3/c1-8(2)4-10(7(12)13)3-5(9)6(8)11/h5H,3-4H2,1-2H3,(H,12,13). The third-order valence-electron chi connectivity index (χ3n) is 2.19. The topological polar surface area (TPSA) is 57.6 Å². The van der Waals surface area contributed by atoms with E-state index in [1.807, 2.05) is 0 Å². The molecule has 1 aliphatic rings. The lowest BCUT2D eigenvalue weighted by molar-refractivity contribution is -0.137. The summed E-state index contributed by atoms with van der Waals surface area (Å²) >= 11 is 0. The van der Waals surface area contributed by atoms with E-state index in [4.69, 9.17) is 5.11 Å². The molecule has 1 N–H and O–H groups in total. The van der Waals surface area contributed by atoms with E-state index in [1.54, 1.807) is 13.8 Å². The molecular weight excluding hydrogens is 177 g/mol. The van der Waals surface area contributed by atoms with Gasteiger partial charge in [-0.25, -0.2) is 9.18 Å². The largest absolute Gasteiger partial charge is 0.465 e. The summed E-state index contributed by atoms with van der Waals surface area (Å²) in [5.41, 5.74) is -0.907. The molecule has 1 amide bonds. The number of rotatable bonds is 0. The van der Waals surface area contributed by atoms with Crippen molar-refractivity contribution in [2.24, 2.45) is 5.41 Å². The number of piperidine rings is 1. The molecule has 0 aromatic carbocycles. The van der Waals surface area contributed by atoms with Crippen LogP contribution in [-0.4, -0.2) is 41.1 Å². The Morgan fingerprint density at radius 1 is 1.69 bits per heavy atom. The Balaban J connectivity index is 2.82. The van der Waals surface area contributed by atoms with E-state index in [9.17, 15) is 14.0 Å². The molecule has 0 bridgehead atoms. The number of carboxylic acid groups (broad SMARTS) is 1. The number of carbonyl (C=O) groups excluding carboxylic acids is 1. The molecule has 1 unspecified atom stereocenters. The molecule has 1 fully saturated rings. The van der Waals surface area contributed by atoms with E-state index < -0.39 is 23.5 Å². The van der Waals surface area contributed by atoms with Gasteiger partial charge in [0.05, 0.1) is 6.54 Å². The molecule has 13 heavy (non-hydrogen) atoms. The Morgan fingerprint density at radius 3 is 2.62 bits per heavy atom. The van der Waals surface area contributed by atoms with Crippen LogP contribution >= 0.6 is 0 Å². The Hall–Kier alpha value is -1.13. The van der Waals surface area contributed by atoms with Crippen LogP contribution in [0.15, 0.2) is 0 Å². The maximum atomic E-state index is 13.0. The molecule has 1 atom stereocenters. The Bertz CT molecular complexity index is 252. The van der Waals surface area contributed by atoms with Crippen LogP contribution in [0.3, 0.4) is 0 Å². The highest BCUT2D eigenvalue weighted by Crippen LogP contribution is 2.26. The lowest BCUT2D eigenvalue weighted by Gasteiger charge is -2.36. The zero-order chi connectivity index (χ0) is 10.2. The third-order valence-corrected chi connectivity index (χ3v) is 2.19. The van der Waals surface area contributed by atoms with Crippen molar-refractivity contribution in [1.29, 1.82) is 0 Å². The van der Waals surface area contributed by atoms with Crippen LogP contribution < -0.4 is 0 Å². The lowest BCUT2D eigenvalue weighted by atomic mass is 9.82. The maximum Gasteiger partial charge on any atom is 0.407 e. The smallest absolute Gasteiger partial charge is 0.407 e. The molecule has 0 radical (unpaired) electrons. The van der Waals surface area contributed by atoms with Crippen LogP contribution in [0.5, 0.6) is 0 Å². The van der Waals surface area contributed by atoms with Crippen LogP contribution in [0.25, 0.3) is 0 Å². The minimum atomic E-state index is -1.68. The predicted octanol–water partition coefficient (Wildman–Crippen LogP) is 0.913. The van der Waals surface area contributed by atoms with Crippen molar-refractivity contribution < 1.29 is 19.1 Å². The summed E-state index contributed by atoms with van der Waals surface area (Å²) in [5, 5.41) is 8.62. The van der Waals surface area contributed by atoms with Crippen LogP contribution in [0.1, 0.15) is 13.8 Å². The molecule has 0 aliphatic carbocycles. The van der Waals surface area contributed by atoms with Crippen molar-refractivity contribution in [2.45, 2.75) is 20.0 Å². The highest BCUT2D eigenvalue weighted by molar-refractivity contribution is 5.90. The molecular formula is C8H12FNO3. The third kappa shape index (κ3) is 1.79. The van der Waals surface area contributed by atoms with Crippen molar-refractivity contribution in [3.63, 3.8) is 0 Å². The number of hydrogen-bond acceptors (Lipinski definition) is 2. The Labute approximate surface area is 75.3 Å². The molecule has 1 rings (SSSR count). The number of halogens is 1. The van der Waals surface area contributed by atoms with Gasteiger partial charge in [-0.1, -0.05) is 13.8 Å². The van der Waals surface area contributed by atoms with Gasteiger partial charge in [0.25, 0.3) is 0 Å². The summed E-state index contributed by atoms with van der Waals surface area (Å²) in [6, 6.07) is 0. The van der Waals surface area contributed by atoms with E-state index in [-0.39, 0.29) is 13.1 Å². The minimum absolute atomic E-state index is 0.0710. The summed E-state index contributed by atoms with van der Waals surface area (Å²) < 4.78 is 13.0. The zero-order valence-corrected chi connectivity index (χ0v) is 7.58. The van der Waals surface area contributed by atoms with Gasteiger partial charge >= 0.3 is 6.09 Å². The summed E-state index contributed by atoms with van der Waals surface area (Å²) in [6.45, 7) is 2.84. The molecule has 0 aromatic rings. The number of nitrogens with zero attached hydrogens (tertiary/aromatic N) is 1. The second-order valence-electron chi connectivity index (χ2n) is 3.88. The minimum Gasteiger partial charge on any atom is -0.465 e. The molecule has 0 saturated carbocycles. The molecule has 1 heterocycles. The van der Waals surface area contributed by atoms with E-state index in [1.165, 1.54) is 0 Å². The van der Waals surface area contributed by atoms with Gasteiger partial charge in [-0.05, 0) is 0 Å². The average Bonchev–Trinajstić information content (AvgIpc) is 1.99. The fourth-order valence-corrected chi connectivity index (χ4v) is 1.47. The molecule has 0 spiro atoms. The van der Waals surface area contributed by atoms with Crippen molar-refractivity contribution in [1.82, 2.24) is 4.90 Å². The van der Waals surface area contributed by atoms with E-state index in [0.717, 1.165) is 4.90 Å². The molecule has 4 nitrogen and oxygen atoms in total. The fourth-order valence-electron chi connectivity index (χ4n) is 1.47. The zero-order valence-electron chi connectivity index (χ0n) is 7.58. The number of hydrogen-bond donors (Lipinski definition) is 1. The van der Waals surface area contributed by atoms with Gasteiger partial charge in [0.2, 0.25) is 0 Å². The summed E-state index contributed by atoms with van der Waals surface area (Å²) in [5.74, 6) is -0.509. The Morgan fingerprint density at radius 2 is 2.23 bits per heavy atom. The summed E-state index contributed by atoms with van der Waals surface area (Å²) in [7, 11) is 0. The van der Waals surface area contributed by atoms with Crippen molar-refractivity contribution in [2.75, 3.05) is 13.1 Å². The van der Waals surface area contributed by atoms with Crippen molar-refractivity contribution in [3.05, 3.63) is 0 Å². The van der Waals surface area contributed by atoms with Crippen LogP contribution in [0.2, 0.25) is 0 Å².